The first kappa shape index (κ1) is 20.1. The number of nitrogens with one attached hydrogen (secondary N) is 2. The summed E-state index contributed by atoms with van der Waals surface area (Å²) in [6, 6.07) is 0.248. The van der Waals surface area contributed by atoms with Crippen LogP contribution in [0.4, 0.5) is 13.2 Å². The third-order valence-electron chi connectivity index (χ3n) is 5.04. The van der Waals surface area contributed by atoms with E-state index >= 15 is 0 Å². The molecule has 28 heavy (non-hydrogen) atoms. The number of H-pyrrole nitrogens is 1. The zero-order valence-corrected chi connectivity index (χ0v) is 15.3. The molecule has 2 atom stereocenters. The molecule has 1 fully saturated rings. The van der Waals surface area contributed by atoms with Crippen molar-refractivity contribution in [3.63, 3.8) is 0 Å². The molecule has 2 heterocycles. The van der Waals surface area contributed by atoms with E-state index in [1.807, 2.05) is 6.92 Å². The molecule has 1 amide bonds. The van der Waals surface area contributed by atoms with Crippen LogP contribution in [0.5, 0.6) is 0 Å². The standard InChI is InChI=1S/C18H21F3N4O3/c1-2-7-25-14-11(16(27)24-17(25)28)8-10(9-22-14)15(26)23-13-6-4-3-5-12(13)18(19,20)21/h8-9,12-13H,2-7H2,1H3,(H,23,26)(H,24,27,28)/t12-,13+/m1/s1. The van der Waals surface area contributed by atoms with Crippen molar-refractivity contribution in [1.82, 2.24) is 19.9 Å². The molecule has 1 aliphatic rings. The van der Waals surface area contributed by atoms with Crippen LogP contribution >= 0.6 is 0 Å². The number of aromatic amines is 1. The molecule has 2 aromatic heterocycles. The van der Waals surface area contributed by atoms with Gasteiger partial charge in [-0.25, -0.2) is 9.78 Å². The average Bonchev–Trinajstić information content (AvgIpc) is 2.64. The van der Waals surface area contributed by atoms with Crippen LogP contribution < -0.4 is 16.6 Å². The Morgan fingerprint density at radius 2 is 2.04 bits per heavy atom. The molecule has 1 saturated carbocycles. The number of carbonyl (C=O) groups is 1. The molecule has 0 unspecified atom stereocenters. The van der Waals surface area contributed by atoms with E-state index in [1.54, 1.807) is 0 Å². The van der Waals surface area contributed by atoms with Crippen LogP contribution in [0.15, 0.2) is 21.9 Å². The first-order valence-electron chi connectivity index (χ1n) is 9.22. The summed E-state index contributed by atoms with van der Waals surface area (Å²) in [7, 11) is 0. The van der Waals surface area contributed by atoms with E-state index in [1.165, 1.54) is 16.8 Å². The predicted molar refractivity (Wildman–Crippen MR) is 96.2 cm³/mol. The summed E-state index contributed by atoms with van der Waals surface area (Å²) in [5.41, 5.74) is -1.18. The number of nitrogens with zero attached hydrogens (tertiary/aromatic N) is 2. The van der Waals surface area contributed by atoms with Gasteiger partial charge in [-0.2, -0.15) is 13.2 Å². The molecule has 0 aliphatic heterocycles. The largest absolute Gasteiger partial charge is 0.393 e. The lowest BCUT2D eigenvalue weighted by Crippen LogP contribution is -2.47. The first-order chi connectivity index (χ1) is 13.2. The molecule has 2 aromatic rings. The molecule has 2 N–H and O–H groups in total. The van der Waals surface area contributed by atoms with Crippen LogP contribution in [0, 0.1) is 5.92 Å². The summed E-state index contributed by atoms with van der Waals surface area (Å²) >= 11 is 0. The predicted octanol–water partition coefficient (Wildman–Crippen LogP) is 2.35. The van der Waals surface area contributed by atoms with Crippen LogP contribution in [-0.2, 0) is 6.54 Å². The molecular formula is C18H21F3N4O3. The zero-order valence-electron chi connectivity index (χ0n) is 15.3. The summed E-state index contributed by atoms with van der Waals surface area (Å²) in [5.74, 6) is -2.31. The third-order valence-corrected chi connectivity index (χ3v) is 5.04. The number of amides is 1. The topological polar surface area (TPSA) is 96.9 Å². The van der Waals surface area contributed by atoms with E-state index in [2.05, 4.69) is 15.3 Å². The van der Waals surface area contributed by atoms with Crippen LogP contribution in [0.3, 0.4) is 0 Å². The SMILES string of the molecule is CCCn1c(=O)[nH]c(=O)c2cc(C(=O)N[C@H]3CCCC[C@H]3C(F)(F)F)cnc21. The Hall–Kier alpha value is -2.65. The minimum Gasteiger partial charge on any atom is -0.349 e. The smallest absolute Gasteiger partial charge is 0.349 e. The van der Waals surface area contributed by atoms with Crippen molar-refractivity contribution < 1.29 is 18.0 Å². The molecular weight excluding hydrogens is 377 g/mol. The highest BCUT2D eigenvalue weighted by atomic mass is 19.4. The summed E-state index contributed by atoms with van der Waals surface area (Å²) in [5, 5.41) is 2.49. The Morgan fingerprint density at radius 3 is 2.71 bits per heavy atom. The molecule has 0 spiro atoms. The van der Waals surface area contributed by atoms with Gasteiger partial charge in [-0.3, -0.25) is 19.1 Å². The Kier molecular flexibility index (Phi) is 5.57. The summed E-state index contributed by atoms with van der Waals surface area (Å²) < 4.78 is 40.9. The van der Waals surface area contributed by atoms with E-state index in [9.17, 15) is 27.6 Å². The van der Waals surface area contributed by atoms with Gasteiger partial charge in [0, 0.05) is 18.8 Å². The Balaban J connectivity index is 1.92. The van der Waals surface area contributed by atoms with E-state index in [4.69, 9.17) is 0 Å². The number of alkyl halides is 3. The number of carbonyl (C=O) groups excluding carboxylic acids is 1. The maximum absolute atomic E-state index is 13.2. The molecule has 0 bridgehead atoms. The van der Waals surface area contributed by atoms with Gasteiger partial charge < -0.3 is 5.32 Å². The van der Waals surface area contributed by atoms with Crippen molar-refractivity contribution in [2.24, 2.45) is 5.92 Å². The van der Waals surface area contributed by atoms with Gasteiger partial charge in [0.15, 0.2) is 0 Å². The quantitative estimate of drug-likeness (QED) is 0.826. The molecule has 0 aromatic carbocycles. The highest BCUT2D eigenvalue weighted by Crippen LogP contribution is 2.37. The maximum Gasteiger partial charge on any atom is 0.393 e. The highest BCUT2D eigenvalue weighted by Gasteiger charge is 2.46. The van der Waals surface area contributed by atoms with Gasteiger partial charge in [0.2, 0.25) is 0 Å². The number of rotatable bonds is 4. The fourth-order valence-corrected chi connectivity index (χ4v) is 3.67. The second kappa shape index (κ2) is 7.76. The molecule has 152 valence electrons. The maximum atomic E-state index is 13.2. The minimum atomic E-state index is -4.38. The Bertz CT molecular complexity index is 996. The first-order valence-corrected chi connectivity index (χ1v) is 9.22. The van der Waals surface area contributed by atoms with Crippen molar-refractivity contribution in [2.75, 3.05) is 0 Å². The number of halogens is 3. The number of fused-ring (bicyclic) bond motifs is 1. The lowest BCUT2D eigenvalue weighted by molar-refractivity contribution is -0.187. The monoisotopic (exact) mass is 398 g/mol. The van der Waals surface area contributed by atoms with Crippen molar-refractivity contribution in [3.05, 3.63) is 38.7 Å². The summed E-state index contributed by atoms with van der Waals surface area (Å²) in [6.07, 6.45) is -1.28. The van der Waals surface area contributed by atoms with Crippen molar-refractivity contribution in [3.8, 4) is 0 Å². The molecule has 1 aliphatic carbocycles. The van der Waals surface area contributed by atoms with Crippen LogP contribution in [0.1, 0.15) is 49.4 Å². The molecule has 0 saturated heterocycles. The summed E-state index contributed by atoms with van der Waals surface area (Å²) in [4.78, 5) is 42.8. The number of aromatic nitrogens is 3. The normalized spacial score (nSPS) is 20.3. The second-order valence-corrected chi connectivity index (χ2v) is 7.02. The van der Waals surface area contributed by atoms with Gasteiger partial charge in [0.05, 0.1) is 16.9 Å². The van der Waals surface area contributed by atoms with E-state index in [-0.39, 0.29) is 29.4 Å². The van der Waals surface area contributed by atoms with E-state index < -0.39 is 35.3 Å². The van der Waals surface area contributed by atoms with Gasteiger partial charge in [0.25, 0.3) is 11.5 Å². The zero-order chi connectivity index (χ0) is 20.5. The molecule has 0 radical (unpaired) electrons. The van der Waals surface area contributed by atoms with Gasteiger partial charge in [-0.15, -0.1) is 0 Å². The highest BCUT2D eigenvalue weighted by molar-refractivity contribution is 5.96. The number of pyridine rings is 1. The molecule has 10 heteroatoms. The molecule has 7 nitrogen and oxygen atoms in total. The van der Waals surface area contributed by atoms with Gasteiger partial charge in [0.1, 0.15) is 5.65 Å². The number of hydrogen-bond donors (Lipinski definition) is 2. The minimum absolute atomic E-state index is 0.0205. The molecule has 3 rings (SSSR count). The van der Waals surface area contributed by atoms with Crippen molar-refractivity contribution in [1.29, 1.82) is 0 Å². The van der Waals surface area contributed by atoms with Crippen LogP contribution in [0.2, 0.25) is 0 Å². The van der Waals surface area contributed by atoms with Crippen LogP contribution in [-0.4, -0.2) is 32.7 Å². The van der Waals surface area contributed by atoms with Crippen molar-refractivity contribution in [2.45, 2.75) is 57.8 Å². The average molecular weight is 398 g/mol. The number of hydrogen-bond acceptors (Lipinski definition) is 4. The number of aryl methyl sites for hydroxylation is 1. The van der Waals surface area contributed by atoms with Crippen LogP contribution in [0.25, 0.3) is 11.0 Å². The van der Waals surface area contributed by atoms with Crippen molar-refractivity contribution >= 4 is 16.9 Å². The Labute approximate surface area is 158 Å². The van der Waals surface area contributed by atoms with Gasteiger partial charge in [-0.05, 0) is 25.3 Å². The fraction of sp³-hybridized carbons (Fsp3) is 0.556. The van der Waals surface area contributed by atoms with Gasteiger partial charge in [-0.1, -0.05) is 19.8 Å². The fourth-order valence-electron chi connectivity index (χ4n) is 3.67. The lowest BCUT2D eigenvalue weighted by atomic mass is 9.84. The van der Waals surface area contributed by atoms with Gasteiger partial charge >= 0.3 is 11.9 Å². The van der Waals surface area contributed by atoms with E-state index in [0.717, 1.165) is 0 Å². The second-order valence-electron chi connectivity index (χ2n) is 7.02. The Morgan fingerprint density at radius 1 is 1.32 bits per heavy atom. The lowest BCUT2D eigenvalue weighted by Gasteiger charge is -2.33. The third kappa shape index (κ3) is 3.95. The summed E-state index contributed by atoms with van der Waals surface area (Å²) in [6.45, 7) is 2.19. The van der Waals surface area contributed by atoms with E-state index in [0.29, 0.717) is 25.8 Å².